The van der Waals surface area contributed by atoms with Gasteiger partial charge in [0.2, 0.25) is 5.91 Å². The van der Waals surface area contributed by atoms with E-state index in [1.165, 1.54) is 6.33 Å². The summed E-state index contributed by atoms with van der Waals surface area (Å²) in [6.45, 7) is 0.576. The maximum absolute atomic E-state index is 12.8. The summed E-state index contributed by atoms with van der Waals surface area (Å²) in [5.74, 6) is -0.281. The average molecular weight is 431 g/mol. The van der Waals surface area contributed by atoms with Crippen molar-refractivity contribution in [1.29, 1.82) is 0 Å². The second-order valence-electron chi connectivity index (χ2n) is 7.44. The van der Waals surface area contributed by atoms with E-state index in [-0.39, 0.29) is 18.9 Å². The highest BCUT2D eigenvalue weighted by molar-refractivity contribution is 5.86. The van der Waals surface area contributed by atoms with Gasteiger partial charge in [-0.15, -0.1) is 0 Å². The number of aromatic nitrogens is 3. The number of nitrogens with one attached hydrogen (secondary N) is 4. The van der Waals surface area contributed by atoms with Crippen molar-refractivity contribution in [3.63, 3.8) is 0 Å². The highest BCUT2D eigenvalue weighted by Gasteiger charge is 2.22. The Balaban J connectivity index is 1.33. The molecule has 0 fully saturated rings. The number of nitrogens with zero attached hydrogens (tertiary/aromatic N) is 1. The third-order valence-corrected chi connectivity index (χ3v) is 5.17. The standard InChI is InChI=1S/C24H25N5O3/c30-23(26-11-10-18-13-27-21-9-5-4-8-20(18)21)22(12-19-14-25-16-28-19)29-24(31)32-15-17-6-2-1-3-7-17/h1-9,13-14,16,22,27H,10-12,15H2,(H,25,28)(H,26,30)(H,29,31)/t22-/m0/s1. The lowest BCUT2D eigenvalue weighted by atomic mass is 10.1. The number of hydrogen-bond acceptors (Lipinski definition) is 4. The molecule has 0 saturated carbocycles. The highest BCUT2D eigenvalue weighted by Crippen LogP contribution is 2.17. The molecule has 4 aromatic rings. The third-order valence-electron chi connectivity index (χ3n) is 5.17. The molecule has 0 bridgehead atoms. The van der Waals surface area contributed by atoms with Gasteiger partial charge in [0, 0.05) is 42.0 Å². The molecule has 2 aromatic heterocycles. The van der Waals surface area contributed by atoms with Crippen LogP contribution in [0.2, 0.25) is 0 Å². The number of carbonyl (C=O) groups excluding carboxylic acids is 2. The van der Waals surface area contributed by atoms with Gasteiger partial charge in [-0.3, -0.25) is 4.79 Å². The van der Waals surface area contributed by atoms with Crippen LogP contribution in [-0.2, 0) is 29.0 Å². The van der Waals surface area contributed by atoms with E-state index in [0.717, 1.165) is 27.7 Å². The molecule has 0 saturated heterocycles. The van der Waals surface area contributed by atoms with Gasteiger partial charge in [-0.05, 0) is 23.6 Å². The summed E-state index contributed by atoms with van der Waals surface area (Å²) in [6.07, 6.45) is 5.42. The zero-order valence-corrected chi connectivity index (χ0v) is 17.5. The van der Waals surface area contributed by atoms with E-state index < -0.39 is 12.1 Å². The van der Waals surface area contributed by atoms with Crippen molar-refractivity contribution in [2.24, 2.45) is 0 Å². The van der Waals surface area contributed by atoms with Gasteiger partial charge in [0.05, 0.1) is 6.33 Å². The van der Waals surface area contributed by atoms with Crippen molar-refractivity contribution in [2.75, 3.05) is 6.54 Å². The first-order chi connectivity index (χ1) is 15.7. The lowest BCUT2D eigenvalue weighted by molar-refractivity contribution is -0.123. The Kier molecular flexibility index (Phi) is 6.81. The number of ether oxygens (including phenoxy) is 1. The molecule has 0 unspecified atom stereocenters. The molecule has 0 radical (unpaired) electrons. The summed E-state index contributed by atoms with van der Waals surface area (Å²) >= 11 is 0. The third kappa shape index (κ3) is 5.54. The second-order valence-corrected chi connectivity index (χ2v) is 7.44. The number of benzene rings is 2. The Bertz CT molecular complexity index is 1150. The molecule has 164 valence electrons. The predicted molar refractivity (Wildman–Crippen MR) is 121 cm³/mol. The van der Waals surface area contributed by atoms with E-state index in [1.807, 2.05) is 60.8 Å². The summed E-state index contributed by atoms with van der Waals surface area (Å²) in [5.41, 5.74) is 3.80. The Morgan fingerprint density at radius 1 is 1.03 bits per heavy atom. The smallest absolute Gasteiger partial charge is 0.408 e. The minimum atomic E-state index is -0.790. The summed E-state index contributed by atoms with van der Waals surface area (Å²) in [4.78, 5) is 35.4. The maximum atomic E-state index is 12.8. The molecule has 0 aliphatic rings. The monoisotopic (exact) mass is 431 g/mol. The van der Waals surface area contributed by atoms with Crippen molar-refractivity contribution in [3.05, 3.63) is 90.1 Å². The summed E-state index contributed by atoms with van der Waals surface area (Å²) in [6, 6.07) is 16.6. The van der Waals surface area contributed by atoms with Gasteiger partial charge in [-0.1, -0.05) is 48.5 Å². The zero-order chi connectivity index (χ0) is 22.2. The number of imidazole rings is 1. The molecule has 2 heterocycles. The second kappa shape index (κ2) is 10.3. The minimum Gasteiger partial charge on any atom is -0.445 e. The lowest BCUT2D eigenvalue weighted by Gasteiger charge is -2.18. The van der Waals surface area contributed by atoms with Crippen LogP contribution in [0.3, 0.4) is 0 Å². The first-order valence-corrected chi connectivity index (χ1v) is 10.5. The van der Waals surface area contributed by atoms with E-state index in [1.54, 1.807) is 6.20 Å². The maximum Gasteiger partial charge on any atom is 0.408 e. The number of amides is 2. The molecule has 2 amide bonds. The minimum absolute atomic E-state index is 0.131. The fraction of sp³-hybridized carbons (Fsp3) is 0.208. The molecule has 4 rings (SSSR count). The normalized spacial score (nSPS) is 11.8. The Hall–Kier alpha value is -4.07. The Morgan fingerprint density at radius 3 is 2.66 bits per heavy atom. The van der Waals surface area contributed by atoms with Crippen LogP contribution < -0.4 is 10.6 Å². The van der Waals surface area contributed by atoms with Crippen LogP contribution >= 0.6 is 0 Å². The van der Waals surface area contributed by atoms with E-state index in [2.05, 4.69) is 25.6 Å². The number of fused-ring (bicyclic) bond motifs is 1. The molecular weight excluding hydrogens is 406 g/mol. The molecule has 4 N–H and O–H groups in total. The van der Waals surface area contributed by atoms with Crippen molar-refractivity contribution < 1.29 is 14.3 Å². The fourth-order valence-electron chi connectivity index (χ4n) is 3.51. The quantitative estimate of drug-likeness (QED) is 0.326. The van der Waals surface area contributed by atoms with Crippen molar-refractivity contribution >= 4 is 22.9 Å². The van der Waals surface area contributed by atoms with Crippen molar-refractivity contribution in [3.8, 4) is 0 Å². The van der Waals surface area contributed by atoms with E-state index >= 15 is 0 Å². The van der Waals surface area contributed by atoms with Gasteiger partial charge in [0.15, 0.2) is 0 Å². The van der Waals surface area contributed by atoms with E-state index in [0.29, 0.717) is 13.0 Å². The van der Waals surface area contributed by atoms with E-state index in [9.17, 15) is 9.59 Å². The molecule has 0 aliphatic heterocycles. The fourth-order valence-corrected chi connectivity index (χ4v) is 3.51. The van der Waals surface area contributed by atoms with Crippen LogP contribution in [0.25, 0.3) is 10.9 Å². The van der Waals surface area contributed by atoms with Gasteiger partial charge in [0.1, 0.15) is 12.6 Å². The number of alkyl carbamates (subject to hydrolysis) is 1. The molecule has 32 heavy (non-hydrogen) atoms. The van der Waals surface area contributed by atoms with Crippen LogP contribution in [0.4, 0.5) is 4.79 Å². The molecule has 1 atom stereocenters. The van der Waals surface area contributed by atoms with Crippen LogP contribution in [0.15, 0.2) is 73.3 Å². The van der Waals surface area contributed by atoms with Crippen molar-refractivity contribution in [1.82, 2.24) is 25.6 Å². The number of carbonyl (C=O) groups is 2. The Labute approximate surface area is 185 Å². The molecule has 0 aliphatic carbocycles. The number of aromatic amines is 2. The first kappa shape index (κ1) is 21.2. The zero-order valence-electron chi connectivity index (χ0n) is 17.5. The first-order valence-electron chi connectivity index (χ1n) is 10.5. The van der Waals surface area contributed by atoms with Crippen molar-refractivity contribution in [2.45, 2.75) is 25.5 Å². The van der Waals surface area contributed by atoms with Gasteiger partial charge in [0.25, 0.3) is 0 Å². The largest absolute Gasteiger partial charge is 0.445 e. The summed E-state index contributed by atoms with van der Waals surface area (Å²) in [7, 11) is 0. The van der Waals surface area contributed by atoms with Crippen LogP contribution in [-0.4, -0.2) is 39.5 Å². The molecule has 0 spiro atoms. The van der Waals surface area contributed by atoms with Gasteiger partial charge < -0.3 is 25.3 Å². The van der Waals surface area contributed by atoms with E-state index in [4.69, 9.17) is 4.74 Å². The topological polar surface area (TPSA) is 112 Å². The van der Waals surface area contributed by atoms with Crippen LogP contribution in [0, 0.1) is 0 Å². The Morgan fingerprint density at radius 2 is 1.84 bits per heavy atom. The summed E-state index contributed by atoms with van der Waals surface area (Å²) < 4.78 is 5.28. The highest BCUT2D eigenvalue weighted by atomic mass is 16.5. The molecular formula is C24H25N5O3. The number of H-pyrrole nitrogens is 2. The number of hydrogen-bond donors (Lipinski definition) is 4. The summed E-state index contributed by atoms with van der Waals surface area (Å²) in [5, 5.41) is 6.73. The SMILES string of the molecule is O=C(N[C@@H](Cc1cnc[nH]1)C(=O)NCCc1c[nH]c2ccccc12)OCc1ccccc1. The molecule has 8 heteroatoms. The molecule has 2 aromatic carbocycles. The van der Waals surface area contributed by atoms with Crippen LogP contribution in [0.5, 0.6) is 0 Å². The van der Waals surface area contributed by atoms with Gasteiger partial charge in [-0.25, -0.2) is 9.78 Å². The number of para-hydroxylation sites is 1. The van der Waals surface area contributed by atoms with Crippen LogP contribution in [0.1, 0.15) is 16.8 Å². The average Bonchev–Trinajstić information content (AvgIpc) is 3.48. The predicted octanol–water partition coefficient (Wildman–Crippen LogP) is 3.09. The van der Waals surface area contributed by atoms with Gasteiger partial charge in [-0.2, -0.15) is 0 Å². The van der Waals surface area contributed by atoms with Gasteiger partial charge >= 0.3 is 6.09 Å². The molecule has 8 nitrogen and oxygen atoms in total. The number of rotatable bonds is 9. The lowest BCUT2D eigenvalue weighted by Crippen LogP contribution is -2.48.